The molecule has 86 valence electrons. The zero-order chi connectivity index (χ0) is 12.3. The maximum atomic E-state index is 12.1. The molecule has 0 unspecified atom stereocenters. The van der Waals surface area contributed by atoms with E-state index in [1.54, 1.807) is 0 Å². The van der Waals surface area contributed by atoms with Crippen molar-refractivity contribution in [1.82, 2.24) is 0 Å². The average molecular weight is 289 g/mol. The zero-order valence-corrected chi connectivity index (χ0v) is 11.2. The van der Waals surface area contributed by atoms with Crippen LogP contribution in [0.5, 0.6) is 0 Å². The highest BCUT2D eigenvalue weighted by Crippen LogP contribution is 2.15. The van der Waals surface area contributed by atoms with Crippen LogP contribution < -0.4 is 0 Å². The second-order valence-electron chi connectivity index (χ2n) is 4.04. The van der Waals surface area contributed by atoms with Gasteiger partial charge in [0.15, 0.2) is 5.78 Å². The van der Waals surface area contributed by atoms with Gasteiger partial charge >= 0.3 is 0 Å². The van der Waals surface area contributed by atoms with Gasteiger partial charge in [0.25, 0.3) is 0 Å². The van der Waals surface area contributed by atoms with E-state index in [-0.39, 0.29) is 5.78 Å². The molecule has 0 bridgehead atoms. The van der Waals surface area contributed by atoms with E-state index < -0.39 is 0 Å². The van der Waals surface area contributed by atoms with Crippen LogP contribution in [0.4, 0.5) is 0 Å². The third kappa shape index (κ3) is 3.04. The molecule has 0 N–H and O–H groups in total. The van der Waals surface area contributed by atoms with Crippen molar-refractivity contribution >= 4 is 21.7 Å². The minimum atomic E-state index is 0.153. The van der Waals surface area contributed by atoms with Crippen molar-refractivity contribution in [3.05, 3.63) is 69.7 Å². The van der Waals surface area contributed by atoms with Crippen molar-refractivity contribution in [1.29, 1.82) is 0 Å². The van der Waals surface area contributed by atoms with Gasteiger partial charge in [-0.25, -0.2) is 0 Å². The number of halogens is 1. The fourth-order valence-corrected chi connectivity index (χ4v) is 2.14. The minimum absolute atomic E-state index is 0.153. The Labute approximate surface area is 110 Å². The number of carbonyl (C=O) groups excluding carboxylic acids is 1. The molecule has 0 aliphatic rings. The quantitative estimate of drug-likeness (QED) is 0.775. The normalized spacial score (nSPS) is 10.2. The van der Waals surface area contributed by atoms with E-state index in [2.05, 4.69) is 15.9 Å². The molecular formula is C15H13BrO. The first-order valence-corrected chi connectivity index (χ1v) is 6.29. The molecule has 1 nitrogen and oxygen atoms in total. The molecule has 17 heavy (non-hydrogen) atoms. The highest BCUT2D eigenvalue weighted by Gasteiger charge is 2.08. The van der Waals surface area contributed by atoms with E-state index in [9.17, 15) is 4.79 Å². The third-order valence-corrected chi connectivity index (χ3v) is 3.25. The van der Waals surface area contributed by atoms with Crippen LogP contribution in [0.15, 0.2) is 53.0 Å². The Kier molecular flexibility index (Phi) is 3.75. The molecule has 2 aromatic carbocycles. The minimum Gasteiger partial charge on any atom is -0.294 e. The molecule has 0 saturated heterocycles. The summed E-state index contributed by atoms with van der Waals surface area (Å²) in [6.07, 6.45) is 0.461. The molecule has 2 aromatic rings. The molecule has 0 aromatic heterocycles. The van der Waals surface area contributed by atoms with Gasteiger partial charge in [0.05, 0.1) is 0 Å². The Morgan fingerprint density at radius 1 is 1.12 bits per heavy atom. The summed E-state index contributed by atoms with van der Waals surface area (Å²) in [5.74, 6) is 0.153. The van der Waals surface area contributed by atoms with Crippen LogP contribution >= 0.6 is 15.9 Å². The summed E-state index contributed by atoms with van der Waals surface area (Å²) in [7, 11) is 0. The highest BCUT2D eigenvalue weighted by molar-refractivity contribution is 9.10. The number of hydrogen-bond donors (Lipinski definition) is 0. The van der Waals surface area contributed by atoms with Gasteiger partial charge in [0.2, 0.25) is 0 Å². The van der Waals surface area contributed by atoms with Crippen molar-refractivity contribution in [3.8, 4) is 0 Å². The summed E-state index contributed by atoms with van der Waals surface area (Å²) in [5, 5.41) is 0. The lowest BCUT2D eigenvalue weighted by Gasteiger charge is -2.05. The average Bonchev–Trinajstić information content (AvgIpc) is 2.32. The Morgan fingerprint density at radius 3 is 2.59 bits per heavy atom. The van der Waals surface area contributed by atoms with Gasteiger partial charge in [-0.3, -0.25) is 4.79 Å². The fraction of sp³-hybridized carbons (Fsp3) is 0.133. The Morgan fingerprint density at radius 2 is 1.88 bits per heavy atom. The second kappa shape index (κ2) is 5.28. The van der Waals surface area contributed by atoms with Gasteiger partial charge in [0, 0.05) is 16.5 Å². The zero-order valence-electron chi connectivity index (χ0n) is 9.61. The molecule has 0 atom stereocenters. The highest BCUT2D eigenvalue weighted by atomic mass is 79.9. The molecule has 0 aliphatic carbocycles. The predicted octanol–water partition coefficient (Wildman–Crippen LogP) is 4.18. The van der Waals surface area contributed by atoms with Crippen LogP contribution in [0.25, 0.3) is 0 Å². The molecule has 2 rings (SSSR count). The van der Waals surface area contributed by atoms with Crippen LogP contribution in [0.1, 0.15) is 21.5 Å². The van der Waals surface area contributed by atoms with E-state index in [1.807, 2.05) is 55.5 Å². The topological polar surface area (TPSA) is 17.1 Å². The van der Waals surface area contributed by atoms with Crippen LogP contribution in [-0.4, -0.2) is 5.78 Å². The van der Waals surface area contributed by atoms with Crippen LogP contribution in [-0.2, 0) is 6.42 Å². The number of aryl methyl sites for hydroxylation is 1. The van der Waals surface area contributed by atoms with Crippen molar-refractivity contribution in [2.75, 3.05) is 0 Å². The Hall–Kier alpha value is -1.41. The molecule has 0 fully saturated rings. The Balaban J connectivity index is 2.20. The van der Waals surface area contributed by atoms with Crippen molar-refractivity contribution in [2.45, 2.75) is 13.3 Å². The summed E-state index contributed by atoms with van der Waals surface area (Å²) in [6.45, 7) is 2.03. The SMILES string of the molecule is Cc1ccccc1CC(=O)c1cccc(Br)c1. The Bertz CT molecular complexity index is 546. The molecule has 0 heterocycles. The van der Waals surface area contributed by atoms with Crippen molar-refractivity contribution in [3.63, 3.8) is 0 Å². The standard InChI is InChI=1S/C15H13BrO/c1-11-5-2-3-6-12(11)10-15(17)13-7-4-8-14(16)9-13/h2-9H,10H2,1H3. The van der Waals surface area contributed by atoms with Crippen LogP contribution in [0.2, 0.25) is 0 Å². The maximum Gasteiger partial charge on any atom is 0.167 e. The second-order valence-corrected chi connectivity index (χ2v) is 4.95. The first-order valence-electron chi connectivity index (χ1n) is 5.50. The first-order chi connectivity index (χ1) is 8.16. The van der Waals surface area contributed by atoms with Crippen LogP contribution in [0, 0.1) is 6.92 Å². The van der Waals surface area contributed by atoms with Gasteiger partial charge in [-0.1, -0.05) is 52.3 Å². The number of benzene rings is 2. The number of rotatable bonds is 3. The monoisotopic (exact) mass is 288 g/mol. The number of Topliss-reactive ketones (excluding diaryl/α,β-unsaturated/α-hetero) is 1. The number of hydrogen-bond acceptors (Lipinski definition) is 1. The number of ketones is 1. The van der Waals surface area contributed by atoms with E-state index in [0.717, 1.165) is 21.2 Å². The summed E-state index contributed by atoms with van der Waals surface area (Å²) in [5.41, 5.74) is 3.01. The smallest absolute Gasteiger partial charge is 0.167 e. The first kappa shape index (κ1) is 12.1. The summed E-state index contributed by atoms with van der Waals surface area (Å²) < 4.78 is 0.938. The van der Waals surface area contributed by atoms with Crippen molar-refractivity contribution in [2.24, 2.45) is 0 Å². The van der Waals surface area contributed by atoms with Gasteiger partial charge in [-0.05, 0) is 30.2 Å². The van der Waals surface area contributed by atoms with E-state index in [1.165, 1.54) is 0 Å². The summed E-state index contributed by atoms with van der Waals surface area (Å²) in [4.78, 5) is 12.1. The number of carbonyl (C=O) groups is 1. The predicted molar refractivity (Wildman–Crippen MR) is 73.4 cm³/mol. The molecule has 2 heteroatoms. The molecule has 0 radical (unpaired) electrons. The molecule has 0 amide bonds. The molecular weight excluding hydrogens is 276 g/mol. The largest absolute Gasteiger partial charge is 0.294 e. The van der Waals surface area contributed by atoms with Gasteiger partial charge in [0.1, 0.15) is 0 Å². The molecule has 0 spiro atoms. The molecule has 0 aliphatic heterocycles. The lowest BCUT2D eigenvalue weighted by Crippen LogP contribution is -2.04. The van der Waals surface area contributed by atoms with E-state index in [0.29, 0.717) is 6.42 Å². The van der Waals surface area contributed by atoms with Gasteiger partial charge in [-0.2, -0.15) is 0 Å². The fourth-order valence-electron chi connectivity index (χ4n) is 1.75. The lowest BCUT2D eigenvalue weighted by atomic mass is 10.00. The lowest BCUT2D eigenvalue weighted by molar-refractivity contribution is 0.0992. The maximum absolute atomic E-state index is 12.1. The molecule has 0 saturated carbocycles. The van der Waals surface area contributed by atoms with Crippen molar-refractivity contribution < 1.29 is 4.79 Å². The van der Waals surface area contributed by atoms with Gasteiger partial charge < -0.3 is 0 Å². The summed E-state index contributed by atoms with van der Waals surface area (Å²) >= 11 is 3.38. The van der Waals surface area contributed by atoms with E-state index in [4.69, 9.17) is 0 Å². The summed E-state index contributed by atoms with van der Waals surface area (Å²) in [6, 6.07) is 15.5. The van der Waals surface area contributed by atoms with Crippen LogP contribution in [0.3, 0.4) is 0 Å². The third-order valence-electron chi connectivity index (χ3n) is 2.76. The van der Waals surface area contributed by atoms with Gasteiger partial charge in [-0.15, -0.1) is 0 Å². The van der Waals surface area contributed by atoms with E-state index >= 15 is 0 Å².